The van der Waals surface area contributed by atoms with E-state index in [1.165, 1.54) is 18.1 Å². The van der Waals surface area contributed by atoms with Crippen LogP contribution in [0.1, 0.15) is 52.0 Å². The molecular weight excluding hydrogens is 464 g/mol. The van der Waals surface area contributed by atoms with Gasteiger partial charge < -0.3 is 9.64 Å². The lowest BCUT2D eigenvalue weighted by Gasteiger charge is -2.25. The molecule has 0 bridgehead atoms. The first-order valence-electron chi connectivity index (χ1n) is 12.0. The topological polar surface area (TPSA) is 66.9 Å². The van der Waals surface area contributed by atoms with Gasteiger partial charge in [-0.05, 0) is 44.1 Å². The molecule has 1 aliphatic heterocycles. The monoisotopic (exact) mass is 500 g/mol. The molecule has 1 aliphatic rings. The van der Waals surface area contributed by atoms with Gasteiger partial charge in [0.15, 0.2) is 0 Å². The molecule has 35 heavy (non-hydrogen) atoms. The minimum atomic E-state index is -0.458. The summed E-state index contributed by atoms with van der Waals surface area (Å²) in [7, 11) is 3.32. The third kappa shape index (κ3) is 8.39. The molecule has 2 atom stereocenters. The molecular formula is C28H37ClN2O4. The average Bonchev–Trinajstić information content (AvgIpc) is 3.15. The number of methoxy groups -OCH3 is 1. The van der Waals surface area contributed by atoms with Crippen LogP contribution in [0.2, 0.25) is 0 Å². The van der Waals surface area contributed by atoms with E-state index in [9.17, 15) is 14.4 Å². The molecule has 0 saturated carbocycles. The highest BCUT2D eigenvalue weighted by Gasteiger charge is 2.38. The van der Waals surface area contributed by atoms with Crippen molar-refractivity contribution < 1.29 is 19.1 Å². The number of rotatable bonds is 12. The Morgan fingerprint density at radius 1 is 1.20 bits per heavy atom. The largest absolute Gasteiger partial charge is 0.499 e. The highest BCUT2D eigenvalue weighted by atomic mass is 35.5. The van der Waals surface area contributed by atoms with Gasteiger partial charge in [0.2, 0.25) is 5.91 Å². The summed E-state index contributed by atoms with van der Waals surface area (Å²) in [6, 6.07) is 9.30. The Kier molecular flexibility index (Phi) is 11.3. The number of hydrogen-bond donors (Lipinski definition) is 0. The highest BCUT2D eigenvalue weighted by Crippen LogP contribution is 2.26. The number of carbonyl (C=O) groups excluding carboxylic acids is 3. The summed E-state index contributed by atoms with van der Waals surface area (Å²) in [4.78, 5) is 40.3. The van der Waals surface area contributed by atoms with Gasteiger partial charge in [0, 0.05) is 44.1 Å². The first-order valence-corrected chi connectivity index (χ1v) is 12.5. The second-order valence-electron chi connectivity index (χ2n) is 9.15. The fraction of sp³-hybridized carbons (Fsp3) is 0.464. The van der Waals surface area contributed by atoms with Crippen molar-refractivity contribution in [2.75, 3.05) is 20.7 Å². The molecule has 3 amide bonds. The second kappa shape index (κ2) is 13.9. The minimum Gasteiger partial charge on any atom is -0.499 e. The zero-order chi connectivity index (χ0) is 26.0. The SMILES string of the molecule is COC1=CC(=O)N(C(=O)/C(C)=C\C(C)CC/C(=C/Cl)CCCN(C)C(C)=O)C1Cc1ccccc1. The van der Waals surface area contributed by atoms with Crippen LogP contribution in [0.5, 0.6) is 0 Å². The predicted octanol–water partition coefficient (Wildman–Crippen LogP) is 5.24. The predicted molar refractivity (Wildman–Crippen MR) is 140 cm³/mol. The molecule has 1 aromatic rings. The summed E-state index contributed by atoms with van der Waals surface area (Å²) < 4.78 is 5.43. The van der Waals surface area contributed by atoms with Gasteiger partial charge >= 0.3 is 0 Å². The first-order chi connectivity index (χ1) is 16.7. The van der Waals surface area contributed by atoms with Gasteiger partial charge in [-0.25, -0.2) is 0 Å². The normalized spacial score (nSPS) is 17.3. The fourth-order valence-electron chi connectivity index (χ4n) is 4.15. The molecule has 0 spiro atoms. The summed E-state index contributed by atoms with van der Waals surface area (Å²) >= 11 is 6.02. The Labute approximate surface area is 214 Å². The maximum Gasteiger partial charge on any atom is 0.257 e. The molecule has 0 aliphatic carbocycles. The number of imide groups is 1. The van der Waals surface area contributed by atoms with E-state index >= 15 is 0 Å². The van der Waals surface area contributed by atoms with Crippen LogP contribution in [0, 0.1) is 5.92 Å². The van der Waals surface area contributed by atoms with Crippen LogP contribution in [0.25, 0.3) is 0 Å². The number of benzene rings is 1. The maximum absolute atomic E-state index is 13.3. The molecule has 0 saturated heterocycles. The quantitative estimate of drug-likeness (QED) is 0.368. The van der Waals surface area contributed by atoms with Gasteiger partial charge in [-0.3, -0.25) is 19.3 Å². The Balaban J connectivity index is 1.98. The van der Waals surface area contributed by atoms with Crippen molar-refractivity contribution in [1.82, 2.24) is 9.80 Å². The van der Waals surface area contributed by atoms with Crippen LogP contribution >= 0.6 is 11.6 Å². The third-order valence-electron chi connectivity index (χ3n) is 6.35. The second-order valence-corrected chi connectivity index (χ2v) is 9.37. The summed E-state index contributed by atoms with van der Waals surface area (Å²) in [6.45, 7) is 6.06. The molecule has 1 aromatic carbocycles. The van der Waals surface area contributed by atoms with Crippen molar-refractivity contribution in [3.8, 4) is 0 Å². The van der Waals surface area contributed by atoms with Crippen molar-refractivity contribution in [2.45, 2.75) is 58.9 Å². The van der Waals surface area contributed by atoms with Crippen LogP contribution in [0.15, 0.2) is 64.9 Å². The first kappa shape index (κ1) is 28.4. The van der Waals surface area contributed by atoms with E-state index < -0.39 is 6.04 Å². The van der Waals surface area contributed by atoms with Gasteiger partial charge in [-0.1, -0.05) is 60.5 Å². The van der Waals surface area contributed by atoms with Crippen molar-refractivity contribution in [3.05, 3.63) is 70.5 Å². The Morgan fingerprint density at radius 3 is 2.49 bits per heavy atom. The minimum absolute atomic E-state index is 0.0515. The van der Waals surface area contributed by atoms with Gasteiger partial charge in [-0.2, -0.15) is 0 Å². The molecule has 0 fully saturated rings. The van der Waals surface area contributed by atoms with Crippen LogP contribution in [-0.2, 0) is 25.5 Å². The summed E-state index contributed by atoms with van der Waals surface area (Å²) in [5.41, 5.74) is 4.31. The zero-order valence-electron chi connectivity index (χ0n) is 21.4. The number of halogens is 1. The van der Waals surface area contributed by atoms with E-state index in [0.29, 0.717) is 24.3 Å². The fourth-order valence-corrected chi connectivity index (χ4v) is 4.37. The van der Waals surface area contributed by atoms with E-state index in [1.807, 2.05) is 36.4 Å². The summed E-state index contributed by atoms with van der Waals surface area (Å²) in [5.74, 6) is 0.0316. The molecule has 2 unspecified atom stereocenters. The standard InChI is InChI=1S/C28H37ClN2O4/c1-20(13-14-24(19-29)12-9-15-30(4)22(3)32)16-21(2)28(34)31-25(26(35-5)18-27(31)33)17-23-10-7-6-8-11-23/h6-8,10-11,16,18-20,25H,9,12-15,17H2,1-5H3/b21-16-,24-19+. The number of hydrogen-bond acceptors (Lipinski definition) is 4. The van der Waals surface area contributed by atoms with Crippen molar-refractivity contribution in [3.63, 3.8) is 0 Å². The van der Waals surface area contributed by atoms with Crippen molar-refractivity contribution in [2.24, 2.45) is 5.92 Å². The lowest BCUT2D eigenvalue weighted by molar-refractivity contribution is -0.140. The van der Waals surface area contributed by atoms with E-state index in [4.69, 9.17) is 16.3 Å². The lowest BCUT2D eigenvalue weighted by Crippen LogP contribution is -2.42. The van der Waals surface area contributed by atoms with Crippen LogP contribution < -0.4 is 0 Å². The number of nitrogens with zero attached hydrogens (tertiary/aromatic N) is 2. The van der Waals surface area contributed by atoms with Crippen molar-refractivity contribution in [1.29, 1.82) is 0 Å². The Bertz CT molecular complexity index is 984. The van der Waals surface area contributed by atoms with Crippen molar-refractivity contribution >= 4 is 29.3 Å². The summed E-state index contributed by atoms with van der Waals surface area (Å²) in [6.07, 6.45) is 7.15. The van der Waals surface area contributed by atoms with Gasteiger partial charge in [0.25, 0.3) is 11.8 Å². The van der Waals surface area contributed by atoms with E-state index in [2.05, 4.69) is 6.92 Å². The molecule has 0 N–H and O–H groups in total. The molecule has 0 radical (unpaired) electrons. The number of amides is 3. The molecule has 190 valence electrons. The number of ether oxygens (including phenoxy) is 1. The van der Waals surface area contributed by atoms with E-state index in [0.717, 1.165) is 36.8 Å². The maximum atomic E-state index is 13.3. The van der Waals surface area contributed by atoms with Crippen LogP contribution in [0.3, 0.4) is 0 Å². The van der Waals surface area contributed by atoms with Gasteiger partial charge in [-0.15, -0.1) is 0 Å². The van der Waals surface area contributed by atoms with E-state index in [-0.39, 0.29) is 23.6 Å². The highest BCUT2D eigenvalue weighted by molar-refractivity contribution is 6.25. The molecule has 1 heterocycles. The molecule has 7 heteroatoms. The lowest BCUT2D eigenvalue weighted by atomic mass is 9.97. The van der Waals surface area contributed by atoms with Gasteiger partial charge in [0.05, 0.1) is 7.11 Å². The van der Waals surface area contributed by atoms with Crippen LogP contribution in [-0.4, -0.2) is 54.3 Å². The molecule has 0 aromatic heterocycles. The van der Waals surface area contributed by atoms with E-state index in [1.54, 1.807) is 31.3 Å². The summed E-state index contributed by atoms with van der Waals surface area (Å²) in [5, 5.41) is 0. The smallest absolute Gasteiger partial charge is 0.257 e. The molecule has 6 nitrogen and oxygen atoms in total. The third-order valence-corrected chi connectivity index (χ3v) is 6.65. The Hall–Kier alpha value is -2.86. The Morgan fingerprint density at radius 2 is 1.89 bits per heavy atom. The van der Waals surface area contributed by atoms with Crippen LogP contribution in [0.4, 0.5) is 0 Å². The number of allylic oxidation sites excluding steroid dienone is 2. The average molecular weight is 501 g/mol. The zero-order valence-corrected chi connectivity index (χ0v) is 22.2. The van der Waals surface area contributed by atoms with Gasteiger partial charge in [0.1, 0.15) is 11.8 Å². The number of carbonyl (C=O) groups is 3. The molecule has 2 rings (SSSR count).